The van der Waals surface area contributed by atoms with Gasteiger partial charge in [-0.3, -0.25) is 4.79 Å². The molecule has 0 spiro atoms. The van der Waals surface area contributed by atoms with Gasteiger partial charge < -0.3 is 14.4 Å². The second-order valence-electron chi connectivity index (χ2n) is 6.64. The molecule has 0 saturated heterocycles. The zero-order valence-electron chi connectivity index (χ0n) is 15.4. The third-order valence-electron chi connectivity index (χ3n) is 4.47. The molecule has 0 aliphatic heterocycles. The van der Waals surface area contributed by atoms with Crippen molar-refractivity contribution in [2.24, 2.45) is 0 Å². The summed E-state index contributed by atoms with van der Waals surface area (Å²) in [4.78, 5) is 25.7. The summed E-state index contributed by atoms with van der Waals surface area (Å²) in [6, 6.07) is 11.4. The average Bonchev–Trinajstić information content (AvgIpc) is 3.32. The second-order valence-corrected chi connectivity index (χ2v) is 7.02. The topological polar surface area (TPSA) is 87.9 Å². The van der Waals surface area contributed by atoms with Gasteiger partial charge >= 0.3 is 0 Å². The number of pyridine rings is 1. The molecule has 3 heterocycles. The van der Waals surface area contributed by atoms with Crippen LogP contribution in [0.4, 0.5) is 0 Å². The Morgan fingerprint density at radius 3 is 2.89 bits per heavy atom. The van der Waals surface area contributed by atoms with Gasteiger partial charge in [-0.1, -0.05) is 28.4 Å². The van der Waals surface area contributed by atoms with Crippen molar-refractivity contribution < 1.29 is 9.32 Å². The van der Waals surface area contributed by atoms with E-state index >= 15 is 0 Å². The molecule has 0 aliphatic carbocycles. The van der Waals surface area contributed by atoms with Crippen LogP contribution in [-0.4, -0.2) is 44.5 Å². The van der Waals surface area contributed by atoms with Gasteiger partial charge in [-0.05, 0) is 37.3 Å². The summed E-state index contributed by atoms with van der Waals surface area (Å²) >= 11 is 5.76. The van der Waals surface area contributed by atoms with Crippen LogP contribution in [0.2, 0.25) is 5.15 Å². The lowest BCUT2D eigenvalue weighted by atomic mass is 10.2. The van der Waals surface area contributed by atoms with Gasteiger partial charge in [0, 0.05) is 37.1 Å². The van der Waals surface area contributed by atoms with Gasteiger partial charge in [0.15, 0.2) is 5.82 Å². The van der Waals surface area contributed by atoms with Crippen LogP contribution in [0.15, 0.2) is 47.1 Å². The molecule has 0 radical (unpaired) electrons. The van der Waals surface area contributed by atoms with Crippen LogP contribution < -0.4 is 0 Å². The lowest BCUT2D eigenvalue weighted by molar-refractivity contribution is 0.0795. The average molecular weight is 396 g/mol. The number of nitrogens with one attached hydrogen (secondary N) is 1. The fourth-order valence-corrected chi connectivity index (χ4v) is 3.04. The predicted octanol–water partition coefficient (Wildman–Crippen LogP) is 3.89. The normalized spacial score (nSPS) is 11.1. The number of aryl methyl sites for hydroxylation is 1. The molecule has 0 saturated carbocycles. The van der Waals surface area contributed by atoms with Crippen molar-refractivity contribution in [1.82, 2.24) is 25.0 Å². The fraction of sp³-hybridized carbons (Fsp3) is 0.200. The summed E-state index contributed by atoms with van der Waals surface area (Å²) in [5, 5.41) is 5.47. The van der Waals surface area contributed by atoms with E-state index in [0.29, 0.717) is 35.4 Å². The molecule has 7 nitrogen and oxygen atoms in total. The number of benzene rings is 1. The maximum Gasteiger partial charge on any atom is 0.274 e. The molecule has 0 fully saturated rings. The van der Waals surface area contributed by atoms with Gasteiger partial charge in [-0.15, -0.1) is 0 Å². The fourth-order valence-electron chi connectivity index (χ4n) is 2.92. The molecule has 0 aliphatic rings. The molecule has 142 valence electrons. The smallest absolute Gasteiger partial charge is 0.274 e. The number of nitrogens with zero attached hydrogens (tertiary/aromatic N) is 4. The first-order valence-corrected chi connectivity index (χ1v) is 9.17. The maximum absolute atomic E-state index is 12.4. The molecule has 1 N–H and O–H groups in total. The van der Waals surface area contributed by atoms with Crippen molar-refractivity contribution >= 4 is 28.4 Å². The molecule has 4 aromatic rings. The third kappa shape index (κ3) is 3.75. The number of hydrogen-bond donors (Lipinski definition) is 1. The quantitative estimate of drug-likeness (QED) is 0.518. The molecule has 1 aromatic carbocycles. The highest BCUT2D eigenvalue weighted by atomic mass is 35.5. The zero-order chi connectivity index (χ0) is 19.7. The summed E-state index contributed by atoms with van der Waals surface area (Å²) in [6.07, 6.45) is 1.94. The van der Waals surface area contributed by atoms with Crippen molar-refractivity contribution in [2.75, 3.05) is 13.6 Å². The van der Waals surface area contributed by atoms with E-state index in [-0.39, 0.29) is 5.91 Å². The number of carbonyl (C=O) groups is 1. The van der Waals surface area contributed by atoms with Gasteiger partial charge in [-0.25, -0.2) is 4.98 Å². The Bertz CT molecular complexity index is 1130. The van der Waals surface area contributed by atoms with E-state index in [1.165, 1.54) is 11.8 Å². The molecular formula is C20H18ClN5O2. The molecule has 3 aromatic heterocycles. The molecule has 0 bridgehead atoms. The molecule has 4 rings (SSSR count). The van der Waals surface area contributed by atoms with Crippen LogP contribution in [0, 0.1) is 6.92 Å². The van der Waals surface area contributed by atoms with Crippen LogP contribution in [0.25, 0.3) is 22.5 Å². The van der Waals surface area contributed by atoms with Crippen molar-refractivity contribution in [3.63, 3.8) is 0 Å². The van der Waals surface area contributed by atoms with Crippen LogP contribution >= 0.6 is 11.6 Å². The lowest BCUT2D eigenvalue weighted by Gasteiger charge is -2.15. The van der Waals surface area contributed by atoms with E-state index in [9.17, 15) is 4.79 Å². The first-order valence-electron chi connectivity index (χ1n) is 8.79. The number of halogens is 1. The standard InChI is InChI=1S/C20H18ClN5O2/c1-12-3-5-15-14(9-12)10-16(23-15)19-24-18(25-28-19)7-8-26(2)20(27)13-4-6-17(21)22-11-13/h3-6,9-11,23H,7-8H2,1-2H3. The summed E-state index contributed by atoms with van der Waals surface area (Å²) < 4.78 is 5.38. The number of likely N-dealkylation sites (N-methyl/N-ethyl adjacent to an activating group) is 1. The van der Waals surface area contributed by atoms with Gasteiger partial charge in [0.25, 0.3) is 11.8 Å². The number of H-pyrrole nitrogens is 1. The number of aromatic amines is 1. The molecular weight excluding hydrogens is 378 g/mol. The third-order valence-corrected chi connectivity index (χ3v) is 4.69. The number of fused-ring (bicyclic) bond motifs is 1. The predicted molar refractivity (Wildman–Crippen MR) is 106 cm³/mol. The highest BCUT2D eigenvalue weighted by Gasteiger charge is 2.15. The van der Waals surface area contributed by atoms with Gasteiger partial charge in [0.05, 0.1) is 5.56 Å². The van der Waals surface area contributed by atoms with Crippen molar-refractivity contribution in [2.45, 2.75) is 13.3 Å². The van der Waals surface area contributed by atoms with Crippen LogP contribution in [0.5, 0.6) is 0 Å². The Hall–Kier alpha value is -3.19. The molecule has 0 atom stereocenters. The number of rotatable bonds is 5. The Labute approximate surface area is 166 Å². The van der Waals surface area contributed by atoms with Crippen LogP contribution in [0.3, 0.4) is 0 Å². The minimum atomic E-state index is -0.140. The Balaban J connectivity index is 1.42. The van der Waals surface area contributed by atoms with E-state index in [0.717, 1.165) is 16.6 Å². The largest absolute Gasteiger partial charge is 0.351 e. The molecule has 0 unspecified atom stereocenters. The van der Waals surface area contributed by atoms with Gasteiger partial charge in [0.1, 0.15) is 10.8 Å². The summed E-state index contributed by atoms with van der Waals surface area (Å²) in [7, 11) is 1.72. The first-order chi connectivity index (χ1) is 13.5. The second kappa shape index (κ2) is 7.44. The number of amides is 1. The number of aromatic nitrogens is 4. The highest BCUT2D eigenvalue weighted by molar-refractivity contribution is 6.29. The zero-order valence-corrected chi connectivity index (χ0v) is 16.2. The molecule has 1 amide bonds. The van der Waals surface area contributed by atoms with Crippen molar-refractivity contribution in [1.29, 1.82) is 0 Å². The summed E-state index contributed by atoms with van der Waals surface area (Å²) in [5.41, 5.74) is 3.46. The minimum Gasteiger partial charge on any atom is -0.351 e. The summed E-state index contributed by atoms with van der Waals surface area (Å²) in [6.45, 7) is 2.50. The Kier molecular flexibility index (Phi) is 4.83. The SMILES string of the molecule is Cc1ccc2[nH]c(-c3nc(CCN(C)C(=O)c4ccc(Cl)nc4)no3)cc2c1. The van der Waals surface area contributed by atoms with Gasteiger partial charge in [0.2, 0.25) is 0 Å². The van der Waals surface area contributed by atoms with E-state index in [2.05, 4.69) is 33.1 Å². The number of carbonyl (C=O) groups excluding carboxylic acids is 1. The van der Waals surface area contributed by atoms with Crippen LogP contribution in [-0.2, 0) is 6.42 Å². The molecule has 8 heteroatoms. The van der Waals surface area contributed by atoms with E-state index in [1.54, 1.807) is 24.1 Å². The highest BCUT2D eigenvalue weighted by Crippen LogP contribution is 2.23. The first kappa shape index (κ1) is 18.2. The Morgan fingerprint density at radius 1 is 1.25 bits per heavy atom. The van der Waals surface area contributed by atoms with Gasteiger partial charge in [-0.2, -0.15) is 4.98 Å². The van der Waals surface area contributed by atoms with Crippen LogP contribution in [0.1, 0.15) is 21.7 Å². The van der Waals surface area contributed by atoms with E-state index in [4.69, 9.17) is 16.1 Å². The van der Waals surface area contributed by atoms with Crippen molar-refractivity contribution in [3.8, 4) is 11.6 Å². The monoisotopic (exact) mass is 395 g/mol. The maximum atomic E-state index is 12.4. The van der Waals surface area contributed by atoms with Crippen molar-refractivity contribution in [3.05, 3.63) is 64.7 Å². The van der Waals surface area contributed by atoms with E-state index < -0.39 is 0 Å². The minimum absolute atomic E-state index is 0.140. The lowest BCUT2D eigenvalue weighted by Crippen LogP contribution is -2.29. The summed E-state index contributed by atoms with van der Waals surface area (Å²) in [5.74, 6) is 0.831. The van der Waals surface area contributed by atoms with E-state index in [1.807, 2.05) is 18.2 Å². The number of hydrogen-bond acceptors (Lipinski definition) is 5. The Morgan fingerprint density at radius 2 is 2.11 bits per heavy atom. The molecule has 28 heavy (non-hydrogen) atoms.